The summed E-state index contributed by atoms with van der Waals surface area (Å²) in [5.41, 5.74) is 3.84. The summed E-state index contributed by atoms with van der Waals surface area (Å²) in [5.74, 6) is 0. The molecule has 1 aliphatic rings. The Morgan fingerprint density at radius 3 is 2.32 bits per heavy atom. The fourth-order valence-electron chi connectivity index (χ4n) is 4.21. The third-order valence-electron chi connectivity index (χ3n) is 4.58. The van der Waals surface area contributed by atoms with Gasteiger partial charge >= 0.3 is 0 Å². The molecule has 0 amide bonds. The number of nitrogens with one attached hydrogen (secondary N) is 1. The van der Waals surface area contributed by atoms with Crippen molar-refractivity contribution in [3.8, 4) is 0 Å². The van der Waals surface area contributed by atoms with Crippen molar-refractivity contribution in [3.63, 3.8) is 0 Å². The molecular weight excluding hydrogens is 290 g/mol. The molecule has 1 aromatic carbocycles. The zero-order valence-corrected chi connectivity index (χ0v) is 15.3. The number of hydrogen-bond acceptors (Lipinski definition) is 2. The SMILES string of the molecule is Cc1cc(C)cc(C(=S)NC[C@@]2(C)C[C@@H](O)CC(C)(C)C2)c1. The van der Waals surface area contributed by atoms with Gasteiger partial charge in [-0.25, -0.2) is 0 Å². The van der Waals surface area contributed by atoms with Gasteiger partial charge < -0.3 is 10.4 Å². The molecule has 1 aliphatic carbocycles. The summed E-state index contributed by atoms with van der Waals surface area (Å²) in [5, 5.41) is 13.6. The van der Waals surface area contributed by atoms with Crippen LogP contribution in [0.2, 0.25) is 0 Å². The Kier molecular flexibility index (Phi) is 4.98. The molecule has 0 saturated heterocycles. The molecule has 1 aromatic rings. The molecule has 2 rings (SSSR count). The monoisotopic (exact) mass is 319 g/mol. The van der Waals surface area contributed by atoms with E-state index in [0.717, 1.165) is 36.4 Å². The molecule has 3 heteroatoms. The molecule has 1 fully saturated rings. The van der Waals surface area contributed by atoms with Crippen LogP contribution < -0.4 is 5.32 Å². The highest BCUT2D eigenvalue weighted by molar-refractivity contribution is 7.80. The maximum atomic E-state index is 10.2. The summed E-state index contributed by atoms with van der Waals surface area (Å²) in [4.78, 5) is 0.811. The largest absolute Gasteiger partial charge is 0.393 e. The maximum Gasteiger partial charge on any atom is 0.106 e. The van der Waals surface area contributed by atoms with Gasteiger partial charge in [0.2, 0.25) is 0 Å². The normalized spacial score (nSPS) is 27.5. The third-order valence-corrected chi connectivity index (χ3v) is 4.96. The molecule has 1 saturated carbocycles. The van der Waals surface area contributed by atoms with E-state index in [-0.39, 0.29) is 16.9 Å². The van der Waals surface area contributed by atoms with Crippen LogP contribution in [0.1, 0.15) is 56.7 Å². The molecule has 0 aliphatic heterocycles. The van der Waals surface area contributed by atoms with Crippen LogP contribution in [-0.2, 0) is 0 Å². The average molecular weight is 320 g/mol. The minimum absolute atomic E-state index is 0.0874. The minimum Gasteiger partial charge on any atom is -0.393 e. The fraction of sp³-hybridized carbons (Fsp3) is 0.632. The van der Waals surface area contributed by atoms with E-state index in [1.165, 1.54) is 11.1 Å². The number of aliphatic hydroxyl groups excluding tert-OH is 1. The maximum absolute atomic E-state index is 10.2. The Labute approximate surface area is 140 Å². The van der Waals surface area contributed by atoms with E-state index in [0.29, 0.717) is 0 Å². The van der Waals surface area contributed by atoms with Gasteiger partial charge in [-0.3, -0.25) is 0 Å². The van der Waals surface area contributed by atoms with Crippen molar-refractivity contribution in [1.82, 2.24) is 5.32 Å². The first-order valence-electron chi connectivity index (χ1n) is 8.13. The van der Waals surface area contributed by atoms with E-state index in [4.69, 9.17) is 12.2 Å². The van der Waals surface area contributed by atoms with Gasteiger partial charge in [0.25, 0.3) is 0 Å². The molecule has 2 atom stereocenters. The molecule has 0 heterocycles. The van der Waals surface area contributed by atoms with Gasteiger partial charge in [0, 0.05) is 12.1 Å². The lowest BCUT2D eigenvalue weighted by molar-refractivity contribution is -0.00679. The van der Waals surface area contributed by atoms with Gasteiger partial charge in [0.15, 0.2) is 0 Å². The van der Waals surface area contributed by atoms with Crippen molar-refractivity contribution in [2.24, 2.45) is 10.8 Å². The van der Waals surface area contributed by atoms with Crippen LogP contribution in [0, 0.1) is 24.7 Å². The van der Waals surface area contributed by atoms with Crippen molar-refractivity contribution in [3.05, 3.63) is 34.9 Å². The summed E-state index contributed by atoms with van der Waals surface area (Å²) in [6.45, 7) is 11.8. The van der Waals surface area contributed by atoms with Gasteiger partial charge in [-0.15, -0.1) is 0 Å². The lowest BCUT2D eigenvalue weighted by atomic mass is 9.63. The van der Waals surface area contributed by atoms with Gasteiger partial charge in [-0.1, -0.05) is 50.2 Å². The standard InChI is InChI=1S/C19H29NOS/c1-13-6-14(2)8-15(7-13)17(22)20-12-19(5)10-16(21)9-18(3,4)11-19/h6-8,16,21H,9-12H2,1-5H3,(H,20,22)/t16-,19-/m0/s1. The van der Waals surface area contributed by atoms with E-state index in [1.807, 2.05) is 0 Å². The minimum atomic E-state index is -0.203. The summed E-state index contributed by atoms with van der Waals surface area (Å²) >= 11 is 5.57. The number of benzene rings is 1. The van der Waals surface area contributed by atoms with Crippen molar-refractivity contribution in [2.45, 2.75) is 60.0 Å². The van der Waals surface area contributed by atoms with E-state index >= 15 is 0 Å². The molecule has 0 spiro atoms. The quantitative estimate of drug-likeness (QED) is 0.821. The number of aryl methyl sites for hydroxylation is 2. The fourth-order valence-corrected chi connectivity index (χ4v) is 4.40. The molecule has 0 radical (unpaired) electrons. The number of rotatable bonds is 3. The highest BCUT2D eigenvalue weighted by Crippen LogP contribution is 2.45. The molecule has 0 bridgehead atoms. The van der Waals surface area contributed by atoms with Crippen LogP contribution in [0.3, 0.4) is 0 Å². The second-order valence-electron chi connectivity index (χ2n) is 8.27. The van der Waals surface area contributed by atoms with Crippen molar-refractivity contribution in [2.75, 3.05) is 6.54 Å². The number of aliphatic hydroxyl groups is 1. The summed E-state index contributed by atoms with van der Waals surface area (Å²) in [6, 6.07) is 6.42. The average Bonchev–Trinajstić information content (AvgIpc) is 2.31. The first-order chi connectivity index (χ1) is 10.1. The van der Waals surface area contributed by atoms with E-state index in [9.17, 15) is 5.11 Å². The predicted octanol–water partition coefficient (Wildman–Crippen LogP) is 4.15. The molecule has 22 heavy (non-hydrogen) atoms. The van der Waals surface area contributed by atoms with Crippen LogP contribution >= 0.6 is 12.2 Å². The lowest BCUT2D eigenvalue weighted by Crippen LogP contribution is -2.45. The highest BCUT2D eigenvalue weighted by atomic mass is 32.1. The first-order valence-corrected chi connectivity index (χ1v) is 8.54. The third kappa shape index (κ3) is 4.53. The van der Waals surface area contributed by atoms with Crippen LogP contribution in [0.5, 0.6) is 0 Å². The first kappa shape index (κ1) is 17.4. The van der Waals surface area contributed by atoms with Crippen LogP contribution in [-0.4, -0.2) is 22.7 Å². The summed E-state index contributed by atoms with van der Waals surface area (Å²) < 4.78 is 0. The molecule has 0 unspecified atom stereocenters. The Balaban J connectivity index is 2.03. The van der Waals surface area contributed by atoms with Gasteiger partial charge in [-0.2, -0.15) is 0 Å². The van der Waals surface area contributed by atoms with Crippen molar-refractivity contribution in [1.29, 1.82) is 0 Å². The predicted molar refractivity (Wildman–Crippen MR) is 97.4 cm³/mol. The highest BCUT2D eigenvalue weighted by Gasteiger charge is 2.40. The second-order valence-corrected chi connectivity index (χ2v) is 8.68. The van der Waals surface area contributed by atoms with Gasteiger partial charge in [-0.05, 0) is 56.1 Å². The van der Waals surface area contributed by atoms with Gasteiger partial charge in [0.05, 0.1) is 6.10 Å². The Bertz CT molecular complexity index is 546. The van der Waals surface area contributed by atoms with Crippen LogP contribution in [0.25, 0.3) is 0 Å². The molecule has 0 aromatic heterocycles. The van der Waals surface area contributed by atoms with Crippen molar-refractivity contribution >= 4 is 17.2 Å². The Morgan fingerprint density at radius 1 is 1.18 bits per heavy atom. The Hall–Kier alpha value is -0.930. The van der Waals surface area contributed by atoms with Crippen LogP contribution in [0.15, 0.2) is 18.2 Å². The summed E-state index contributed by atoms with van der Waals surface area (Å²) in [6.07, 6.45) is 2.65. The van der Waals surface area contributed by atoms with E-state index in [2.05, 4.69) is 58.1 Å². The molecule has 2 N–H and O–H groups in total. The number of thiocarbonyl (C=S) groups is 1. The molecular formula is C19H29NOS. The molecule has 2 nitrogen and oxygen atoms in total. The zero-order valence-electron chi connectivity index (χ0n) is 14.5. The topological polar surface area (TPSA) is 32.3 Å². The summed E-state index contributed by atoms with van der Waals surface area (Å²) in [7, 11) is 0. The van der Waals surface area contributed by atoms with Gasteiger partial charge in [0.1, 0.15) is 4.99 Å². The molecule has 122 valence electrons. The lowest BCUT2D eigenvalue weighted by Gasteiger charge is -2.45. The van der Waals surface area contributed by atoms with E-state index in [1.54, 1.807) is 0 Å². The van der Waals surface area contributed by atoms with E-state index < -0.39 is 0 Å². The second kappa shape index (κ2) is 6.29. The Morgan fingerprint density at radius 2 is 1.77 bits per heavy atom. The zero-order chi connectivity index (χ0) is 16.5. The van der Waals surface area contributed by atoms with Crippen LogP contribution in [0.4, 0.5) is 0 Å². The smallest absolute Gasteiger partial charge is 0.106 e. The van der Waals surface area contributed by atoms with Crippen molar-refractivity contribution < 1.29 is 5.11 Å². The number of hydrogen-bond donors (Lipinski definition) is 2.